The molecule has 0 aromatic carbocycles. The quantitative estimate of drug-likeness (QED) is 0.424. The Balaban J connectivity index is 4.52. The monoisotopic (exact) mass is 241 g/mol. The highest BCUT2D eigenvalue weighted by Gasteiger charge is 2.16. The van der Waals surface area contributed by atoms with Gasteiger partial charge < -0.3 is 14.7 Å². The summed E-state index contributed by atoms with van der Waals surface area (Å²) in [5, 5.41) is 8.62. The number of carbonyl (C=O) groups excluding carboxylic acids is 2. The van der Waals surface area contributed by atoms with E-state index in [9.17, 15) is 9.59 Å². The summed E-state index contributed by atoms with van der Waals surface area (Å²) in [4.78, 5) is 24.6. The van der Waals surface area contributed by atoms with Gasteiger partial charge in [-0.3, -0.25) is 0 Å². The third-order valence-corrected chi connectivity index (χ3v) is 1.94. The molecule has 0 fully saturated rings. The Labute approximate surface area is 101 Å². The van der Waals surface area contributed by atoms with Crippen molar-refractivity contribution < 1.29 is 19.4 Å². The van der Waals surface area contributed by atoms with Crippen LogP contribution < -0.4 is 0 Å². The normalized spacial score (nSPS) is 10.9. The van der Waals surface area contributed by atoms with E-state index < -0.39 is 11.9 Å². The van der Waals surface area contributed by atoms with Crippen LogP contribution in [0.5, 0.6) is 0 Å². The van der Waals surface area contributed by atoms with Crippen molar-refractivity contribution in [2.24, 2.45) is 0 Å². The van der Waals surface area contributed by atoms with E-state index in [0.717, 1.165) is 0 Å². The predicted molar refractivity (Wildman–Crippen MR) is 64.0 cm³/mol. The third kappa shape index (κ3) is 5.87. The second-order valence-corrected chi connectivity index (χ2v) is 3.73. The summed E-state index contributed by atoms with van der Waals surface area (Å²) in [5.74, 6) is -1.47. The molecule has 0 rings (SSSR count). The van der Waals surface area contributed by atoms with Gasteiger partial charge in [0, 0.05) is 38.9 Å². The topological polar surface area (TPSA) is 66.8 Å². The summed E-state index contributed by atoms with van der Waals surface area (Å²) in [6.45, 7) is 5.02. The molecule has 0 aliphatic rings. The van der Waals surface area contributed by atoms with Crippen molar-refractivity contribution in [2.75, 3.05) is 20.7 Å². The van der Waals surface area contributed by atoms with Gasteiger partial charge in [0.05, 0.1) is 5.57 Å². The fraction of sp³-hybridized carbons (Fsp3) is 0.500. The zero-order valence-electron chi connectivity index (χ0n) is 10.5. The van der Waals surface area contributed by atoms with Gasteiger partial charge in [-0.05, 0) is 6.42 Å². The Morgan fingerprint density at radius 2 is 1.94 bits per heavy atom. The predicted octanol–water partition coefficient (Wildman–Crippen LogP) is 0.850. The summed E-state index contributed by atoms with van der Waals surface area (Å²) in [7, 11) is 3.55. The van der Waals surface area contributed by atoms with Gasteiger partial charge in [0.2, 0.25) is 0 Å². The van der Waals surface area contributed by atoms with Crippen molar-refractivity contribution in [3.05, 3.63) is 23.9 Å². The van der Waals surface area contributed by atoms with Crippen LogP contribution in [-0.2, 0) is 14.3 Å². The molecule has 0 radical (unpaired) electrons. The average molecular weight is 241 g/mol. The highest BCUT2D eigenvalue weighted by Crippen LogP contribution is 2.07. The van der Waals surface area contributed by atoms with Gasteiger partial charge in [-0.25, -0.2) is 9.59 Å². The second-order valence-electron chi connectivity index (χ2n) is 3.73. The summed E-state index contributed by atoms with van der Waals surface area (Å²) in [5.41, 5.74) is 0.487. The largest absolute Gasteiger partial charge is 0.396 e. The van der Waals surface area contributed by atoms with E-state index in [-0.39, 0.29) is 18.6 Å². The zero-order chi connectivity index (χ0) is 13.4. The third-order valence-electron chi connectivity index (χ3n) is 1.94. The molecule has 17 heavy (non-hydrogen) atoms. The fourth-order valence-electron chi connectivity index (χ4n) is 1.06. The molecule has 0 unspecified atom stereocenters. The van der Waals surface area contributed by atoms with Gasteiger partial charge in [-0.15, -0.1) is 0 Å². The summed E-state index contributed by atoms with van der Waals surface area (Å²) < 4.78 is 4.64. The molecule has 0 bridgehead atoms. The molecule has 96 valence electrons. The first-order valence-electron chi connectivity index (χ1n) is 5.34. The van der Waals surface area contributed by atoms with Crippen molar-refractivity contribution >= 4 is 11.9 Å². The Morgan fingerprint density at radius 3 is 2.35 bits per heavy atom. The minimum atomic E-state index is -0.790. The van der Waals surface area contributed by atoms with E-state index in [1.165, 1.54) is 0 Å². The minimum Gasteiger partial charge on any atom is -0.396 e. The number of rotatable bonds is 6. The van der Waals surface area contributed by atoms with Gasteiger partial charge in [-0.2, -0.15) is 0 Å². The maximum atomic E-state index is 11.6. The molecule has 5 nitrogen and oxygen atoms in total. The first-order chi connectivity index (χ1) is 7.92. The minimum absolute atomic E-state index is 0.0844. The lowest BCUT2D eigenvalue weighted by molar-refractivity contribution is -0.154. The van der Waals surface area contributed by atoms with E-state index >= 15 is 0 Å². The number of ether oxygens (including phenoxy) is 1. The lowest BCUT2D eigenvalue weighted by atomic mass is 10.2. The molecule has 0 aromatic rings. The van der Waals surface area contributed by atoms with Crippen LogP contribution in [0, 0.1) is 0 Å². The summed E-state index contributed by atoms with van der Waals surface area (Å²) in [6.07, 6.45) is 2.17. The molecule has 0 saturated heterocycles. The van der Waals surface area contributed by atoms with Crippen LogP contribution in [0.1, 0.15) is 19.8 Å². The molecule has 0 aromatic heterocycles. The Bertz CT molecular complexity index is 331. The highest BCUT2D eigenvalue weighted by atomic mass is 16.6. The van der Waals surface area contributed by atoms with Crippen LogP contribution in [0.3, 0.4) is 0 Å². The number of hydrogen-bond donors (Lipinski definition) is 1. The summed E-state index contributed by atoms with van der Waals surface area (Å²) >= 11 is 0. The first kappa shape index (κ1) is 15.4. The van der Waals surface area contributed by atoms with E-state index in [0.29, 0.717) is 12.0 Å². The number of nitrogens with zero attached hydrogens (tertiary/aromatic N) is 1. The Hall–Kier alpha value is -1.62. The molecule has 0 heterocycles. The summed E-state index contributed by atoms with van der Waals surface area (Å²) in [6, 6.07) is 0. The molecular weight excluding hydrogens is 222 g/mol. The van der Waals surface area contributed by atoms with Crippen LogP contribution in [0.2, 0.25) is 0 Å². The second kappa shape index (κ2) is 7.62. The van der Waals surface area contributed by atoms with Crippen molar-refractivity contribution in [1.29, 1.82) is 0 Å². The van der Waals surface area contributed by atoms with Crippen LogP contribution >= 0.6 is 0 Å². The number of aliphatic hydroxyl groups excluding tert-OH is 1. The van der Waals surface area contributed by atoms with Crippen LogP contribution in [-0.4, -0.2) is 42.6 Å². The number of aliphatic hydroxyl groups is 1. The molecule has 0 aliphatic heterocycles. The number of carbonyl (C=O) groups is 2. The van der Waals surface area contributed by atoms with E-state index in [4.69, 9.17) is 5.11 Å². The van der Waals surface area contributed by atoms with E-state index in [1.807, 2.05) is 0 Å². The molecular formula is C12H19NO4. The first-order valence-corrected chi connectivity index (χ1v) is 5.34. The van der Waals surface area contributed by atoms with Crippen molar-refractivity contribution in [3.8, 4) is 0 Å². The number of hydrogen-bond acceptors (Lipinski definition) is 5. The highest BCUT2D eigenvalue weighted by molar-refractivity contribution is 6.01. The van der Waals surface area contributed by atoms with Crippen molar-refractivity contribution in [2.45, 2.75) is 19.8 Å². The fourth-order valence-corrected chi connectivity index (χ4v) is 1.06. The van der Waals surface area contributed by atoms with Crippen molar-refractivity contribution in [1.82, 2.24) is 4.90 Å². The molecule has 0 saturated carbocycles. The van der Waals surface area contributed by atoms with Crippen LogP contribution in [0.4, 0.5) is 0 Å². The molecule has 0 spiro atoms. The van der Waals surface area contributed by atoms with Crippen LogP contribution in [0.15, 0.2) is 23.9 Å². The van der Waals surface area contributed by atoms with Gasteiger partial charge in [0.1, 0.15) is 0 Å². The molecule has 5 heteroatoms. The average Bonchev–Trinajstić information content (AvgIpc) is 2.25. The van der Waals surface area contributed by atoms with Gasteiger partial charge in [-0.1, -0.05) is 13.5 Å². The van der Waals surface area contributed by atoms with Gasteiger partial charge in [0.25, 0.3) is 0 Å². The van der Waals surface area contributed by atoms with Crippen molar-refractivity contribution in [3.63, 3.8) is 0 Å². The molecule has 0 aliphatic carbocycles. The molecule has 0 amide bonds. The standard InChI is InChI=1S/C12H19NO4/c1-5-10(8-13(3)4)12(16)17-11(15)9(2)6-7-14/h8,14H,2,5-7H2,1,3-4H3. The molecule has 0 atom stereocenters. The van der Waals surface area contributed by atoms with E-state index in [1.54, 1.807) is 32.1 Å². The maximum Gasteiger partial charge on any atom is 0.343 e. The lowest BCUT2D eigenvalue weighted by Crippen LogP contribution is -2.17. The van der Waals surface area contributed by atoms with Gasteiger partial charge in [0.15, 0.2) is 0 Å². The van der Waals surface area contributed by atoms with Gasteiger partial charge >= 0.3 is 11.9 Å². The number of esters is 2. The molecule has 1 N–H and O–H groups in total. The van der Waals surface area contributed by atoms with Crippen LogP contribution in [0.25, 0.3) is 0 Å². The maximum absolute atomic E-state index is 11.6. The van der Waals surface area contributed by atoms with E-state index in [2.05, 4.69) is 11.3 Å². The zero-order valence-corrected chi connectivity index (χ0v) is 10.5. The SMILES string of the molecule is C=C(CCO)C(=O)OC(=O)C(=CN(C)C)CC. The smallest absolute Gasteiger partial charge is 0.343 e. The Morgan fingerprint density at radius 1 is 1.35 bits per heavy atom. The Kier molecular flexibility index (Phi) is 6.89. The lowest BCUT2D eigenvalue weighted by Gasteiger charge is -2.10.